The van der Waals surface area contributed by atoms with Gasteiger partial charge in [-0.3, -0.25) is 9.59 Å². The summed E-state index contributed by atoms with van der Waals surface area (Å²) in [5.74, 6) is 0.940. The Labute approximate surface area is 150 Å². The summed E-state index contributed by atoms with van der Waals surface area (Å²) in [6.07, 6.45) is 1.39. The number of nitrogens with zero attached hydrogens (tertiary/aromatic N) is 2. The van der Waals surface area contributed by atoms with E-state index in [-0.39, 0.29) is 17.7 Å². The Hall–Kier alpha value is -2.04. The zero-order chi connectivity index (χ0) is 18.0. The van der Waals surface area contributed by atoms with Crippen molar-refractivity contribution in [3.63, 3.8) is 0 Å². The average Bonchev–Trinajstić information content (AvgIpc) is 3.34. The zero-order valence-electron chi connectivity index (χ0n) is 15.5. The van der Waals surface area contributed by atoms with Crippen molar-refractivity contribution in [2.45, 2.75) is 33.6 Å². The van der Waals surface area contributed by atoms with Crippen LogP contribution in [0.15, 0.2) is 18.2 Å². The number of hydrogen-bond donors (Lipinski definition) is 1. The van der Waals surface area contributed by atoms with Crippen LogP contribution in [-0.4, -0.2) is 49.4 Å². The van der Waals surface area contributed by atoms with E-state index in [1.165, 1.54) is 16.8 Å². The van der Waals surface area contributed by atoms with E-state index in [0.29, 0.717) is 18.9 Å². The quantitative estimate of drug-likeness (QED) is 0.891. The molecule has 0 bridgehead atoms. The molecule has 1 N–H and O–H groups in total. The minimum Gasteiger partial charge on any atom is -0.368 e. The van der Waals surface area contributed by atoms with Crippen molar-refractivity contribution < 1.29 is 9.59 Å². The van der Waals surface area contributed by atoms with E-state index in [0.717, 1.165) is 32.6 Å². The first-order valence-corrected chi connectivity index (χ1v) is 9.34. The Kier molecular flexibility index (Phi) is 5.30. The van der Waals surface area contributed by atoms with Crippen LogP contribution in [0.4, 0.5) is 5.69 Å². The van der Waals surface area contributed by atoms with E-state index < -0.39 is 0 Å². The third kappa shape index (κ3) is 4.14. The number of benzene rings is 1. The molecular formula is C20H29N3O2. The average molecular weight is 343 g/mol. The van der Waals surface area contributed by atoms with Crippen LogP contribution in [0.3, 0.4) is 0 Å². The molecule has 5 heteroatoms. The van der Waals surface area contributed by atoms with Gasteiger partial charge in [0, 0.05) is 50.7 Å². The summed E-state index contributed by atoms with van der Waals surface area (Å²) in [6, 6.07) is 6.39. The Morgan fingerprint density at radius 1 is 1.16 bits per heavy atom. The van der Waals surface area contributed by atoms with Gasteiger partial charge in [0.15, 0.2) is 0 Å². The van der Waals surface area contributed by atoms with Crippen molar-refractivity contribution in [3.8, 4) is 0 Å². The lowest BCUT2D eigenvalue weighted by atomic mass is 10.1. The predicted octanol–water partition coefficient (Wildman–Crippen LogP) is 2.11. The molecule has 2 aliphatic rings. The number of aryl methyl sites for hydroxylation is 1. The summed E-state index contributed by atoms with van der Waals surface area (Å²) < 4.78 is 0. The van der Waals surface area contributed by atoms with Gasteiger partial charge in [-0.2, -0.15) is 0 Å². The van der Waals surface area contributed by atoms with E-state index in [9.17, 15) is 9.59 Å². The van der Waals surface area contributed by atoms with E-state index in [2.05, 4.69) is 49.2 Å². The second-order valence-electron chi connectivity index (χ2n) is 7.45. The number of piperazine rings is 1. The van der Waals surface area contributed by atoms with Crippen molar-refractivity contribution in [1.29, 1.82) is 0 Å². The minimum absolute atomic E-state index is 0.111. The van der Waals surface area contributed by atoms with Gasteiger partial charge < -0.3 is 15.1 Å². The van der Waals surface area contributed by atoms with Gasteiger partial charge in [-0.25, -0.2) is 0 Å². The number of anilines is 1. The Morgan fingerprint density at radius 2 is 1.84 bits per heavy atom. The van der Waals surface area contributed by atoms with Gasteiger partial charge in [0.2, 0.25) is 11.8 Å². The van der Waals surface area contributed by atoms with Crippen LogP contribution in [-0.2, 0) is 9.59 Å². The van der Waals surface area contributed by atoms with E-state index in [4.69, 9.17) is 0 Å². The maximum absolute atomic E-state index is 12.3. The molecule has 0 spiro atoms. The number of nitrogens with one attached hydrogen (secondary N) is 1. The first kappa shape index (κ1) is 17.8. The highest BCUT2D eigenvalue weighted by atomic mass is 16.2. The highest BCUT2D eigenvalue weighted by molar-refractivity contribution is 5.82. The Balaban J connectivity index is 1.43. The lowest BCUT2D eigenvalue weighted by Gasteiger charge is -2.37. The SMILES string of the molecule is Cc1cccc(N2CCN(C(=O)CCNC(=O)[C@H]3C[C@@H]3C)CC2)c1C. The van der Waals surface area contributed by atoms with Crippen molar-refractivity contribution in [1.82, 2.24) is 10.2 Å². The van der Waals surface area contributed by atoms with Crippen LogP contribution < -0.4 is 10.2 Å². The summed E-state index contributed by atoms with van der Waals surface area (Å²) in [4.78, 5) is 28.4. The molecular weight excluding hydrogens is 314 g/mol. The molecule has 5 nitrogen and oxygen atoms in total. The number of hydrogen-bond acceptors (Lipinski definition) is 3. The Morgan fingerprint density at radius 3 is 2.48 bits per heavy atom. The van der Waals surface area contributed by atoms with Gasteiger partial charge in [0.05, 0.1) is 0 Å². The van der Waals surface area contributed by atoms with Gasteiger partial charge in [-0.1, -0.05) is 19.1 Å². The second-order valence-corrected chi connectivity index (χ2v) is 7.45. The standard InChI is InChI=1S/C20H29N3O2/c1-14-5-4-6-18(16(14)3)22-9-11-23(12-10-22)19(24)7-8-21-20(25)17-13-15(17)2/h4-6,15,17H,7-13H2,1-3H3,(H,21,25)/t15-,17-/m0/s1. The van der Waals surface area contributed by atoms with E-state index in [1.54, 1.807) is 0 Å². The van der Waals surface area contributed by atoms with Gasteiger partial charge in [0.1, 0.15) is 0 Å². The molecule has 2 fully saturated rings. The highest BCUT2D eigenvalue weighted by Crippen LogP contribution is 2.37. The highest BCUT2D eigenvalue weighted by Gasteiger charge is 2.38. The smallest absolute Gasteiger partial charge is 0.224 e. The van der Waals surface area contributed by atoms with Crippen LogP contribution in [0.2, 0.25) is 0 Å². The molecule has 2 amide bonds. The molecule has 0 radical (unpaired) electrons. The second kappa shape index (κ2) is 7.46. The maximum atomic E-state index is 12.3. The summed E-state index contributed by atoms with van der Waals surface area (Å²) in [5, 5.41) is 2.90. The van der Waals surface area contributed by atoms with Gasteiger partial charge >= 0.3 is 0 Å². The van der Waals surface area contributed by atoms with Gasteiger partial charge in [-0.15, -0.1) is 0 Å². The molecule has 3 rings (SSSR count). The third-order valence-corrected chi connectivity index (χ3v) is 5.63. The molecule has 0 aromatic heterocycles. The molecule has 1 saturated heterocycles. The molecule has 1 saturated carbocycles. The molecule has 1 heterocycles. The summed E-state index contributed by atoms with van der Waals surface area (Å²) in [5.41, 5.74) is 3.90. The van der Waals surface area contributed by atoms with Crippen LogP contribution in [0.5, 0.6) is 0 Å². The molecule has 25 heavy (non-hydrogen) atoms. The maximum Gasteiger partial charge on any atom is 0.224 e. The molecule has 2 atom stereocenters. The molecule has 1 aromatic carbocycles. The van der Waals surface area contributed by atoms with Crippen molar-refractivity contribution >= 4 is 17.5 Å². The molecule has 0 unspecified atom stereocenters. The van der Waals surface area contributed by atoms with Crippen molar-refractivity contribution in [2.75, 3.05) is 37.6 Å². The lowest BCUT2D eigenvalue weighted by Crippen LogP contribution is -2.49. The number of carbonyl (C=O) groups is 2. The largest absolute Gasteiger partial charge is 0.368 e. The summed E-state index contributed by atoms with van der Waals surface area (Å²) in [6.45, 7) is 10.1. The third-order valence-electron chi connectivity index (χ3n) is 5.63. The van der Waals surface area contributed by atoms with Crippen LogP contribution in [0, 0.1) is 25.7 Å². The fourth-order valence-corrected chi connectivity index (χ4v) is 3.54. The lowest BCUT2D eigenvalue weighted by molar-refractivity contribution is -0.131. The molecule has 136 valence electrons. The number of amides is 2. The van der Waals surface area contributed by atoms with Crippen LogP contribution in [0.25, 0.3) is 0 Å². The summed E-state index contributed by atoms with van der Waals surface area (Å²) >= 11 is 0. The number of carbonyl (C=O) groups excluding carboxylic acids is 2. The molecule has 1 aromatic rings. The molecule has 1 aliphatic heterocycles. The topological polar surface area (TPSA) is 52.6 Å². The first-order valence-electron chi connectivity index (χ1n) is 9.34. The number of rotatable bonds is 5. The fraction of sp³-hybridized carbons (Fsp3) is 0.600. The van der Waals surface area contributed by atoms with Gasteiger partial charge in [-0.05, 0) is 43.4 Å². The first-order chi connectivity index (χ1) is 12.0. The summed E-state index contributed by atoms with van der Waals surface area (Å²) in [7, 11) is 0. The Bertz CT molecular complexity index is 650. The van der Waals surface area contributed by atoms with Crippen LogP contribution >= 0.6 is 0 Å². The van der Waals surface area contributed by atoms with E-state index in [1.807, 2.05) is 4.90 Å². The predicted molar refractivity (Wildman–Crippen MR) is 99.6 cm³/mol. The normalized spacial score (nSPS) is 22.7. The van der Waals surface area contributed by atoms with Crippen molar-refractivity contribution in [3.05, 3.63) is 29.3 Å². The zero-order valence-corrected chi connectivity index (χ0v) is 15.5. The van der Waals surface area contributed by atoms with E-state index >= 15 is 0 Å². The van der Waals surface area contributed by atoms with Crippen LogP contribution in [0.1, 0.15) is 30.9 Å². The minimum atomic E-state index is 0.111. The fourth-order valence-electron chi connectivity index (χ4n) is 3.54. The van der Waals surface area contributed by atoms with Crippen molar-refractivity contribution in [2.24, 2.45) is 11.8 Å². The molecule has 1 aliphatic carbocycles. The monoisotopic (exact) mass is 343 g/mol. The van der Waals surface area contributed by atoms with Gasteiger partial charge in [0.25, 0.3) is 0 Å².